The molecule has 9 heteroatoms. The van der Waals surface area contributed by atoms with Crippen LogP contribution in [-0.2, 0) is 13.5 Å². The summed E-state index contributed by atoms with van der Waals surface area (Å²) in [6.07, 6.45) is -2.93. The predicted molar refractivity (Wildman–Crippen MR) is 125 cm³/mol. The van der Waals surface area contributed by atoms with E-state index in [0.717, 1.165) is 16.6 Å². The molecule has 1 atom stereocenters. The smallest absolute Gasteiger partial charge is 0.369 e. The standard InChI is InChI=1S/C25H20ClF3N4O/c1-32-13-17-12-20(8-9-21(17)31-32)33-14-16-4-7-19(10-11-25(27,28)29)30-23(16)22(24(33)34)15-2-5-18(26)6-3-15/h2-9,12-14,24,34H,10-11H2,1H3. The monoisotopic (exact) mass is 484 g/mol. The first-order valence-corrected chi connectivity index (χ1v) is 11.0. The molecule has 0 saturated carbocycles. The predicted octanol–water partition coefficient (Wildman–Crippen LogP) is 3.89. The van der Waals surface area contributed by atoms with Gasteiger partial charge in [-0.25, -0.2) is 0 Å². The quantitative estimate of drug-likeness (QED) is 0.477. The molecule has 0 radical (unpaired) electrons. The van der Waals surface area contributed by atoms with Crippen LogP contribution < -0.4 is 15.5 Å². The van der Waals surface area contributed by atoms with Gasteiger partial charge in [-0.15, -0.1) is 0 Å². The molecule has 1 aliphatic rings. The Morgan fingerprint density at radius 3 is 2.56 bits per heavy atom. The summed E-state index contributed by atoms with van der Waals surface area (Å²) in [5, 5.41) is 18.4. The number of nitrogens with zero attached hydrogens (tertiary/aromatic N) is 4. The SMILES string of the molecule is Cn1cc2cc(N3C=c4ccc(CCC(F)(F)F)nc4=C(c4ccc(Cl)cc4)C3O)ccc2n1. The molecule has 0 fully saturated rings. The summed E-state index contributed by atoms with van der Waals surface area (Å²) in [6.45, 7) is 0. The van der Waals surface area contributed by atoms with E-state index in [0.29, 0.717) is 32.4 Å². The maximum Gasteiger partial charge on any atom is 0.389 e. The molecular formula is C25H20ClF3N4O. The van der Waals surface area contributed by atoms with Crippen molar-refractivity contribution in [1.82, 2.24) is 14.8 Å². The zero-order valence-corrected chi connectivity index (χ0v) is 18.8. The van der Waals surface area contributed by atoms with E-state index < -0.39 is 18.8 Å². The van der Waals surface area contributed by atoms with Crippen LogP contribution in [0.25, 0.3) is 22.7 Å². The molecular weight excluding hydrogens is 465 g/mol. The highest BCUT2D eigenvalue weighted by Gasteiger charge is 2.28. The Hall–Kier alpha value is -3.36. The Morgan fingerprint density at radius 1 is 1.06 bits per heavy atom. The normalized spacial score (nSPS) is 16.0. The third-order valence-electron chi connectivity index (χ3n) is 5.76. The van der Waals surface area contributed by atoms with Crippen LogP contribution in [0.3, 0.4) is 0 Å². The molecule has 174 valence electrons. The largest absolute Gasteiger partial charge is 0.389 e. The zero-order chi connectivity index (χ0) is 24.0. The van der Waals surface area contributed by atoms with Crippen LogP contribution in [0.4, 0.5) is 18.9 Å². The van der Waals surface area contributed by atoms with E-state index in [9.17, 15) is 18.3 Å². The number of aliphatic hydroxyl groups excluding tert-OH is 1. The maximum atomic E-state index is 12.8. The lowest BCUT2D eigenvalue weighted by Gasteiger charge is -2.31. The molecule has 0 aliphatic carbocycles. The number of hydrogen-bond donors (Lipinski definition) is 1. The van der Waals surface area contributed by atoms with Gasteiger partial charge in [0.05, 0.1) is 10.9 Å². The van der Waals surface area contributed by atoms with E-state index in [2.05, 4.69) is 10.1 Å². The summed E-state index contributed by atoms with van der Waals surface area (Å²) in [4.78, 5) is 6.25. The highest BCUT2D eigenvalue weighted by Crippen LogP contribution is 2.29. The third-order valence-corrected chi connectivity index (χ3v) is 6.01. The first kappa shape index (κ1) is 22.4. The van der Waals surface area contributed by atoms with Crippen LogP contribution >= 0.6 is 11.6 Å². The Morgan fingerprint density at radius 2 is 1.82 bits per heavy atom. The van der Waals surface area contributed by atoms with Gasteiger partial charge in [0, 0.05) is 58.4 Å². The van der Waals surface area contributed by atoms with Crippen molar-refractivity contribution in [2.45, 2.75) is 25.2 Å². The van der Waals surface area contributed by atoms with Gasteiger partial charge in [0.1, 0.15) is 0 Å². The number of anilines is 1. The van der Waals surface area contributed by atoms with Crippen molar-refractivity contribution in [2.75, 3.05) is 4.90 Å². The Bertz CT molecular complexity index is 1500. The van der Waals surface area contributed by atoms with Gasteiger partial charge in [0.15, 0.2) is 6.23 Å². The molecule has 5 rings (SSSR count). The molecule has 2 aromatic carbocycles. The topological polar surface area (TPSA) is 54.2 Å². The van der Waals surface area contributed by atoms with Gasteiger partial charge in [0.2, 0.25) is 0 Å². The van der Waals surface area contributed by atoms with E-state index in [1.165, 1.54) is 0 Å². The third kappa shape index (κ3) is 4.38. The van der Waals surface area contributed by atoms with Crippen molar-refractivity contribution >= 4 is 40.0 Å². The van der Waals surface area contributed by atoms with Gasteiger partial charge in [-0.1, -0.05) is 23.7 Å². The van der Waals surface area contributed by atoms with Crippen LogP contribution in [0.15, 0.2) is 60.8 Å². The molecule has 34 heavy (non-hydrogen) atoms. The van der Waals surface area contributed by atoms with Crippen LogP contribution in [0.2, 0.25) is 5.02 Å². The van der Waals surface area contributed by atoms with E-state index in [1.54, 1.807) is 52.2 Å². The molecule has 1 N–H and O–H groups in total. The van der Waals surface area contributed by atoms with Crippen molar-refractivity contribution in [3.63, 3.8) is 0 Å². The number of aromatic nitrogens is 3. The molecule has 5 nitrogen and oxygen atoms in total. The van der Waals surface area contributed by atoms with Crippen LogP contribution in [0, 0.1) is 0 Å². The van der Waals surface area contributed by atoms with Gasteiger partial charge < -0.3 is 10.0 Å². The summed E-state index contributed by atoms with van der Waals surface area (Å²) < 4.78 is 40.0. The number of benzene rings is 2. The van der Waals surface area contributed by atoms with Crippen molar-refractivity contribution in [3.05, 3.63) is 87.6 Å². The minimum Gasteiger partial charge on any atom is -0.369 e. The van der Waals surface area contributed by atoms with E-state index in [-0.39, 0.29) is 6.42 Å². The number of fused-ring (bicyclic) bond motifs is 2. The lowest BCUT2D eigenvalue weighted by molar-refractivity contribution is -0.134. The van der Waals surface area contributed by atoms with Crippen molar-refractivity contribution in [2.24, 2.45) is 7.05 Å². The minimum absolute atomic E-state index is 0.234. The van der Waals surface area contributed by atoms with Crippen molar-refractivity contribution < 1.29 is 18.3 Å². The first-order chi connectivity index (χ1) is 16.2. The molecule has 0 saturated heterocycles. The number of aliphatic hydroxyl groups is 1. The number of pyridine rings is 1. The van der Waals surface area contributed by atoms with E-state index >= 15 is 0 Å². The Labute approximate surface area is 198 Å². The summed E-state index contributed by atoms with van der Waals surface area (Å²) in [5.41, 5.74) is 3.06. The van der Waals surface area contributed by atoms with Gasteiger partial charge in [0.25, 0.3) is 0 Å². The molecule has 1 aliphatic heterocycles. The summed E-state index contributed by atoms with van der Waals surface area (Å²) >= 11 is 6.06. The number of halogens is 4. The second kappa shape index (κ2) is 8.45. The van der Waals surface area contributed by atoms with Crippen molar-refractivity contribution in [1.29, 1.82) is 0 Å². The van der Waals surface area contributed by atoms with Gasteiger partial charge >= 0.3 is 6.18 Å². The van der Waals surface area contributed by atoms with E-state index in [4.69, 9.17) is 11.6 Å². The molecule has 3 heterocycles. The fourth-order valence-electron chi connectivity index (χ4n) is 4.15. The number of alkyl halides is 3. The Balaban J connectivity index is 1.66. The lowest BCUT2D eigenvalue weighted by Crippen LogP contribution is -2.47. The summed E-state index contributed by atoms with van der Waals surface area (Å²) in [5.74, 6) is 0. The average Bonchev–Trinajstić information content (AvgIpc) is 3.17. The molecule has 0 spiro atoms. The van der Waals surface area contributed by atoms with Crippen LogP contribution in [-0.4, -0.2) is 32.3 Å². The average molecular weight is 485 g/mol. The van der Waals surface area contributed by atoms with Gasteiger partial charge in [-0.05, 0) is 54.4 Å². The Kier molecular flexibility index (Phi) is 5.58. The number of aryl methyl sites for hydroxylation is 2. The summed E-state index contributed by atoms with van der Waals surface area (Å²) in [6, 6.07) is 15.9. The first-order valence-electron chi connectivity index (χ1n) is 10.6. The second-order valence-corrected chi connectivity index (χ2v) is 8.67. The zero-order valence-electron chi connectivity index (χ0n) is 18.1. The molecule has 1 unspecified atom stereocenters. The van der Waals surface area contributed by atoms with Crippen LogP contribution in [0.1, 0.15) is 17.7 Å². The second-order valence-electron chi connectivity index (χ2n) is 8.23. The fourth-order valence-corrected chi connectivity index (χ4v) is 4.28. The fraction of sp³-hybridized carbons (Fsp3) is 0.200. The lowest BCUT2D eigenvalue weighted by atomic mass is 9.99. The van der Waals surface area contributed by atoms with Gasteiger partial charge in [-0.2, -0.15) is 18.3 Å². The summed E-state index contributed by atoms with van der Waals surface area (Å²) in [7, 11) is 1.84. The maximum absolute atomic E-state index is 12.8. The number of hydrogen-bond acceptors (Lipinski definition) is 4. The van der Waals surface area contributed by atoms with Gasteiger partial charge in [-0.3, -0.25) is 9.67 Å². The highest BCUT2D eigenvalue weighted by molar-refractivity contribution is 6.30. The molecule has 0 bridgehead atoms. The van der Waals surface area contributed by atoms with E-state index in [1.807, 2.05) is 31.4 Å². The molecule has 2 aromatic heterocycles. The number of rotatable bonds is 4. The van der Waals surface area contributed by atoms with Crippen molar-refractivity contribution in [3.8, 4) is 0 Å². The molecule has 0 amide bonds. The minimum atomic E-state index is -4.27. The molecule has 4 aromatic rings. The highest BCUT2D eigenvalue weighted by atomic mass is 35.5. The van der Waals surface area contributed by atoms with Crippen LogP contribution in [0.5, 0.6) is 0 Å².